The Labute approximate surface area is 139 Å². The van der Waals surface area contributed by atoms with E-state index in [1.54, 1.807) is 0 Å². The van der Waals surface area contributed by atoms with Gasteiger partial charge in [0.25, 0.3) is 5.91 Å². The Morgan fingerprint density at radius 3 is 2.44 bits per heavy atom. The second kappa shape index (κ2) is 6.67. The first kappa shape index (κ1) is 16.6. The van der Waals surface area contributed by atoms with E-state index in [9.17, 15) is 18.0 Å². The van der Waals surface area contributed by atoms with Crippen LogP contribution in [0.2, 0.25) is 0 Å². The summed E-state index contributed by atoms with van der Waals surface area (Å²) >= 11 is 0. The highest BCUT2D eigenvalue weighted by Gasteiger charge is 2.42. The number of carbonyl (C=O) groups is 1. The van der Waals surface area contributed by atoms with Crippen molar-refractivity contribution in [3.05, 3.63) is 66.6 Å². The van der Waals surface area contributed by atoms with Crippen molar-refractivity contribution >= 4 is 5.91 Å². The van der Waals surface area contributed by atoms with Crippen LogP contribution in [0.15, 0.2) is 55.5 Å². The van der Waals surface area contributed by atoms with Crippen molar-refractivity contribution in [1.29, 1.82) is 0 Å². The van der Waals surface area contributed by atoms with Gasteiger partial charge in [0.15, 0.2) is 6.04 Å². The number of pyridine rings is 2. The Morgan fingerprint density at radius 2 is 1.88 bits per heavy atom. The van der Waals surface area contributed by atoms with Crippen LogP contribution in [-0.2, 0) is 0 Å². The van der Waals surface area contributed by atoms with Gasteiger partial charge in [-0.15, -0.1) is 10.2 Å². The average molecular weight is 348 g/mol. The predicted octanol–water partition coefficient (Wildman–Crippen LogP) is 2.09. The molecule has 0 aromatic carbocycles. The van der Waals surface area contributed by atoms with Gasteiger partial charge in [-0.1, -0.05) is 6.07 Å². The minimum atomic E-state index is -4.66. The molecule has 25 heavy (non-hydrogen) atoms. The van der Waals surface area contributed by atoms with Crippen LogP contribution in [0.4, 0.5) is 13.2 Å². The van der Waals surface area contributed by atoms with Crippen LogP contribution in [0, 0.1) is 0 Å². The molecule has 3 heterocycles. The Morgan fingerprint density at radius 1 is 1.12 bits per heavy atom. The van der Waals surface area contributed by atoms with E-state index in [0.717, 1.165) is 6.20 Å². The molecule has 0 fully saturated rings. The number of amides is 1. The molecule has 3 rings (SSSR count). The quantitative estimate of drug-likeness (QED) is 0.780. The summed E-state index contributed by atoms with van der Waals surface area (Å²) in [6.07, 6.45) is 1.75. The molecule has 0 saturated heterocycles. The molecular formula is C15H11F3N6O. The monoisotopic (exact) mass is 348 g/mol. The topological polar surface area (TPSA) is 85.6 Å². The molecule has 128 valence electrons. The van der Waals surface area contributed by atoms with Gasteiger partial charge >= 0.3 is 6.18 Å². The SMILES string of the molecule is O=C(N[C@H](c1cccnc1)C(F)(F)F)c1ccc(-n2cnnc2)nc1. The van der Waals surface area contributed by atoms with E-state index in [4.69, 9.17) is 0 Å². The van der Waals surface area contributed by atoms with Crippen molar-refractivity contribution in [1.82, 2.24) is 30.0 Å². The number of rotatable bonds is 4. The van der Waals surface area contributed by atoms with Crippen LogP contribution in [0.25, 0.3) is 5.82 Å². The van der Waals surface area contributed by atoms with Crippen LogP contribution >= 0.6 is 0 Å². The number of hydrogen-bond donors (Lipinski definition) is 1. The lowest BCUT2D eigenvalue weighted by atomic mass is 10.1. The standard InChI is InChI=1S/C15H11F3N6O/c16-15(17,18)13(10-2-1-5-19-6-10)23-14(25)11-3-4-12(20-7-11)24-8-21-22-9-24/h1-9,13H,(H,23,25)/t13-/m1/s1. The summed E-state index contributed by atoms with van der Waals surface area (Å²) in [6, 6.07) is 3.31. The fourth-order valence-electron chi connectivity index (χ4n) is 2.11. The Kier molecular flexibility index (Phi) is 4.42. The lowest BCUT2D eigenvalue weighted by molar-refractivity contribution is -0.155. The van der Waals surface area contributed by atoms with Crippen molar-refractivity contribution in [2.24, 2.45) is 0 Å². The van der Waals surface area contributed by atoms with Crippen molar-refractivity contribution in [2.45, 2.75) is 12.2 Å². The van der Waals surface area contributed by atoms with Crippen molar-refractivity contribution in [2.75, 3.05) is 0 Å². The van der Waals surface area contributed by atoms with E-state index >= 15 is 0 Å². The summed E-state index contributed by atoms with van der Waals surface area (Å²) in [7, 11) is 0. The first-order valence-electron chi connectivity index (χ1n) is 7.04. The second-order valence-electron chi connectivity index (χ2n) is 5.01. The van der Waals surface area contributed by atoms with Crippen LogP contribution in [0.3, 0.4) is 0 Å². The van der Waals surface area contributed by atoms with Gasteiger partial charge in [-0.25, -0.2) is 4.98 Å². The third kappa shape index (κ3) is 3.79. The summed E-state index contributed by atoms with van der Waals surface area (Å²) < 4.78 is 41.3. The number of alkyl halides is 3. The number of aromatic nitrogens is 5. The molecule has 0 spiro atoms. The Hall–Kier alpha value is -3.30. The van der Waals surface area contributed by atoms with Gasteiger partial charge in [0.2, 0.25) is 0 Å². The molecular weight excluding hydrogens is 337 g/mol. The highest BCUT2D eigenvalue weighted by atomic mass is 19.4. The Bertz CT molecular complexity index is 834. The number of nitrogens with zero attached hydrogens (tertiary/aromatic N) is 5. The molecule has 7 nitrogen and oxygen atoms in total. The molecule has 1 amide bonds. The molecule has 1 atom stereocenters. The summed E-state index contributed by atoms with van der Waals surface area (Å²) in [5.41, 5.74) is -0.160. The largest absolute Gasteiger partial charge is 0.412 e. The molecule has 3 aromatic heterocycles. The zero-order chi connectivity index (χ0) is 17.9. The fraction of sp³-hybridized carbons (Fsp3) is 0.133. The van der Waals surface area contributed by atoms with E-state index in [1.807, 2.05) is 5.32 Å². The third-order valence-corrected chi connectivity index (χ3v) is 3.31. The normalized spacial score (nSPS) is 12.6. The summed E-state index contributed by atoms with van der Waals surface area (Å²) in [4.78, 5) is 19.8. The van der Waals surface area contributed by atoms with Gasteiger partial charge in [-0.3, -0.25) is 14.3 Å². The van der Waals surface area contributed by atoms with Crippen LogP contribution < -0.4 is 5.32 Å². The lowest BCUT2D eigenvalue weighted by Gasteiger charge is -2.21. The maximum atomic E-state index is 13.3. The first-order valence-corrected chi connectivity index (χ1v) is 7.04. The van der Waals surface area contributed by atoms with Gasteiger partial charge in [-0.05, 0) is 18.2 Å². The molecule has 0 saturated carbocycles. The summed E-state index contributed by atoms with van der Waals surface area (Å²) in [5, 5.41) is 9.21. The predicted molar refractivity (Wildman–Crippen MR) is 79.7 cm³/mol. The van der Waals surface area contributed by atoms with Gasteiger partial charge in [0, 0.05) is 24.2 Å². The van der Waals surface area contributed by atoms with Gasteiger partial charge in [0.05, 0.1) is 5.56 Å². The van der Waals surface area contributed by atoms with E-state index in [2.05, 4.69) is 20.2 Å². The highest BCUT2D eigenvalue weighted by Crippen LogP contribution is 2.32. The van der Waals surface area contributed by atoms with Crippen molar-refractivity contribution in [3.63, 3.8) is 0 Å². The number of carbonyl (C=O) groups excluding carboxylic acids is 1. The fourth-order valence-corrected chi connectivity index (χ4v) is 2.11. The first-order chi connectivity index (χ1) is 11.9. The minimum absolute atomic E-state index is 0.00466. The third-order valence-electron chi connectivity index (χ3n) is 3.31. The molecule has 1 N–H and O–H groups in total. The zero-order valence-corrected chi connectivity index (χ0v) is 12.6. The number of nitrogens with one attached hydrogen (secondary N) is 1. The molecule has 0 aliphatic heterocycles. The molecule has 0 radical (unpaired) electrons. The lowest BCUT2D eigenvalue weighted by Crippen LogP contribution is -2.38. The smallest absolute Gasteiger partial charge is 0.337 e. The maximum absolute atomic E-state index is 13.3. The molecule has 0 unspecified atom stereocenters. The van der Waals surface area contributed by atoms with E-state index in [0.29, 0.717) is 5.82 Å². The van der Waals surface area contributed by atoms with E-state index in [-0.39, 0.29) is 11.1 Å². The molecule has 0 bridgehead atoms. The number of hydrogen-bond acceptors (Lipinski definition) is 5. The van der Waals surface area contributed by atoms with Gasteiger partial charge in [0.1, 0.15) is 18.5 Å². The van der Waals surface area contributed by atoms with Crippen LogP contribution in [-0.4, -0.2) is 36.8 Å². The highest BCUT2D eigenvalue weighted by molar-refractivity contribution is 5.94. The molecule has 3 aromatic rings. The average Bonchev–Trinajstić information content (AvgIpc) is 3.14. The number of halogens is 3. The minimum Gasteiger partial charge on any atom is -0.337 e. The summed E-state index contributed by atoms with van der Waals surface area (Å²) in [5.74, 6) is -0.463. The van der Waals surface area contributed by atoms with Crippen LogP contribution in [0.1, 0.15) is 22.0 Å². The second-order valence-corrected chi connectivity index (χ2v) is 5.01. The van der Waals surface area contributed by atoms with Crippen LogP contribution in [0.5, 0.6) is 0 Å². The summed E-state index contributed by atoms with van der Waals surface area (Å²) in [6.45, 7) is 0. The molecule has 0 aliphatic carbocycles. The van der Waals surface area contributed by atoms with Gasteiger partial charge in [-0.2, -0.15) is 13.2 Å². The zero-order valence-electron chi connectivity index (χ0n) is 12.6. The van der Waals surface area contributed by atoms with E-state index in [1.165, 1.54) is 53.9 Å². The van der Waals surface area contributed by atoms with Crippen molar-refractivity contribution < 1.29 is 18.0 Å². The van der Waals surface area contributed by atoms with Gasteiger partial charge < -0.3 is 5.32 Å². The molecule has 10 heteroatoms. The van der Waals surface area contributed by atoms with E-state index < -0.39 is 18.1 Å². The Balaban J connectivity index is 1.80. The maximum Gasteiger partial charge on any atom is 0.412 e. The van der Waals surface area contributed by atoms with Crippen molar-refractivity contribution in [3.8, 4) is 5.82 Å². The molecule has 0 aliphatic rings.